The monoisotopic (exact) mass is 936 g/mol. The molecule has 0 radical (unpaired) electrons. The van der Waals surface area contributed by atoms with E-state index in [0.29, 0.717) is 142 Å². The summed E-state index contributed by atoms with van der Waals surface area (Å²) in [6.45, 7) is 8.10. The second kappa shape index (κ2) is 40.8. The third kappa shape index (κ3) is 29.9. The maximum atomic E-state index is 13.8. The van der Waals surface area contributed by atoms with Crippen molar-refractivity contribution in [3.05, 3.63) is 70.1 Å². The van der Waals surface area contributed by atoms with Gasteiger partial charge in [-0.15, -0.1) is 0 Å². The van der Waals surface area contributed by atoms with Crippen LogP contribution in [-0.2, 0) is 70.0 Å². The Labute approximate surface area is 388 Å². The van der Waals surface area contributed by atoms with Gasteiger partial charge < -0.3 is 73.7 Å². The molecule has 0 aromatic heterocycles. The molecule has 0 saturated carbocycles. The van der Waals surface area contributed by atoms with Crippen LogP contribution in [0.2, 0.25) is 0 Å². The normalized spacial score (nSPS) is 12.0. The minimum atomic E-state index is -0.948. The van der Waals surface area contributed by atoms with Gasteiger partial charge in [0.2, 0.25) is 17.7 Å². The lowest BCUT2D eigenvalue weighted by Gasteiger charge is -2.24. The summed E-state index contributed by atoms with van der Waals surface area (Å²) in [6.07, 6.45) is 2.06. The lowest BCUT2D eigenvalue weighted by Crippen LogP contribution is -2.53. The maximum Gasteiger partial charge on any atom is 0.247 e. The van der Waals surface area contributed by atoms with Gasteiger partial charge in [0.05, 0.1) is 138 Å². The Balaban J connectivity index is 1.56. The molecule has 0 aliphatic rings. The van der Waals surface area contributed by atoms with Gasteiger partial charge in [-0.1, -0.05) is 41.5 Å². The Morgan fingerprint density at radius 2 is 1.15 bits per heavy atom. The van der Waals surface area contributed by atoms with E-state index in [1.807, 2.05) is 37.4 Å². The third-order valence-corrected chi connectivity index (χ3v) is 9.29. The molecule has 5 N–H and O–H groups in total. The molecule has 372 valence electrons. The van der Waals surface area contributed by atoms with Gasteiger partial charge in [-0.25, -0.2) is 0 Å². The molecule has 0 saturated heterocycles. The topological polar surface area (TPSA) is 261 Å². The van der Waals surface area contributed by atoms with Crippen molar-refractivity contribution >= 4 is 23.4 Å². The molecule has 2 atom stereocenters. The zero-order valence-corrected chi connectivity index (χ0v) is 38.8. The van der Waals surface area contributed by atoms with Crippen LogP contribution in [-0.4, -0.2) is 181 Å². The van der Waals surface area contributed by atoms with Crippen molar-refractivity contribution in [3.8, 4) is 5.75 Å². The van der Waals surface area contributed by atoms with E-state index in [4.69, 9.17) is 52.9 Å². The number of carbonyl (C=O) groups is 3. The number of methoxy groups -OCH3 is 1. The SMILES string of the molecule is CNCCCC[C@H](NC(=O)[C@H](Cc1ccccc1)NC(=O)CCOCCOCCOCCOCCOCCOCCOCCOCCOCCN=[N+]=[N-])C(=O)Nc1ccc(CO)cc1OC. The molecule has 0 aliphatic heterocycles. The summed E-state index contributed by atoms with van der Waals surface area (Å²) in [5.41, 5.74) is 10.0. The first kappa shape index (κ1) is 57.6. The van der Waals surface area contributed by atoms with Gasteiger partial charge in [0.15, 0.2) is 0 Å². The lowest BCUT2D eigenvalue weighted by atomic mass is 10.0. The summed E-state index contributed by atoms with van der Waals surface area (Å²) in [4.78, 5) is 43.1. The highest BCUT2D eigenvalue weighted by Gasteiger charge is 2.27. The number of nitrogens with one attached hydrogen (secondary N) is 4. The predicted octanol–water partition coefficient (Wildman–Crippen LogP) is 2.58. The van der Waals surface area contributed by atoms with E-state index in [9.17, 15) is 19.5 Å². The minimum Gasteiger partial charge on any atom is -0.495 e. The van der Waals surface area contributed by atoms with Crippen LogP contribution in [0.25, 0.3) is 10.4 Å². The van der Waals surface area contributed by atoms with Crippen molar-refractivity contribution in [3.63, 3.8) is 0 Å². The van der Waals surface area contributed by atoms with Crippen molar-refractivity contribution in [2.75, 3.05) is 151 Å². The second-order valence-corrected chi connectivity index (χ2v) is 14.4. The number of rotatable bonds is 44. The number of amides is 3. The molecule has 0 heterocycles. The smallest absolute Gasteiger partial charge is 0.247 e. The van der Waals surface area contributed by atoms with Gasteiger partial charge in [0.25, 0.3) is 0 Å². The molecule has 21 heteroatoms. The number of azide groups is 1. The fourth-order valence-corrected chi connectivity index (χ4v) is 5.85. The molecule has 0 bridgehead atoms. The van der Waals surface area contributed by atoms with E-state index >= 15 is 0 Å². The van der Waals surface area contributed by atoms with E-state index in [1.54, 1.807) is 18.2 Å². The standard InChI is InChI=1S/C45H73N7O14/c1-47-14-7-6-10-40(44(55)50-39-12-11-38(36-53)35-42(39)57-2)51-45(56)41(34-37-8-4-3-5-9-37)49-43(54)13-16-58-18-20-60-22-24-62-26-28-64-30-32-66-33-31-65-29-27-63-25-23-61-21-19-59-17-15-48-52-46/h3-5,8-9,11-12,35,40-41,47,53H,6-7,10,13-34,36H2,1-2H3,(H,49,54)(H,50,55)(H,51,56)/t40-,41-/m0/s1. The molecule has 0 fully saturated rings. The summed E-state index contributed by atoms with van der Waals surface area (Å²) in [5, 5.41) is 24.6. The molecule has 2 rings (SSSR count). The van der Waals surface area contributed by atoms with E-state index < -0.39 is 23.9 Å². The first-order valence-electron chi connectivity index (χ1n) is 22.5. The highest BCUT2D eigenvalue weighted by Crippen LogP contribution is 2.26. The molecule has 0 unspecified atom stereocenters. The van der Waals surface area contributed by atoms with Crippen LogP contribution in [0.1, 0.15) is 36.8 Å². The van der Waals surface area contributed by atoms with Crippen LogP contribution in [0.4, 0.5) is 5.69 Å². The number of carbonyl (C=O) groups excluding carboxylic acids is 3. The van der Waals surface area contributed by atoms with Crippen molar-refractivity contribution < 1.29 is 66.9 Å². The molecule has 2 aromatic carbocycles. The molecule has 3 amide bonds. The minimum absolute atomic E-state index is 0.0214. The van der Waals surface area contributed by atoms with Gasteiger partial charge in [0, 0.05) is 24.3 Å². The summed E-state index contributed by atoms with van der Waals surface area (Å²) in [7, 11) is 3.32. The highest BCUT2D eigenvalue weighted by molar-refractivity contribution is 5.99. The molecular formula is C45H73N7O14. The number of nitrogens with zero attached hydrogens (tertiary/aromatic N) is 3. The number of benzene rings is 2. The van der Waals surface area contributed by atoms with Crippen LogP contribution in [0.15, 0.2) is 53.6 Å². The Bertz CT molecular complexity index is 1590. The fraction of sp³-hybridized carbons (Fsp3) is 0.667. The quantitative estimate of drug-likeness (QED) is 0.0277. The van der Waals surface area contributed by atoms with Crippen LogP contribution >= 0.6 is 0 Å². The highest BCUT2D eigenvalue weighted by atomic mass is 16.6. The molecular weight excluding hydrogens is 863 g/mol. The largest absolute Gasteiger partial charge is 0.495 e. The van der Waals surface area contributed by atoms with E-state index in [-0.39, 0.29) is 38.6 Å². The van der Waals surface area contributed by atoms with Crippen LogP contribution in [0.5, 0.6) is 5.75 Å². The Morgan fingerprint density at radius 3 is 1.64 bits per heavy atom. The average Bonchev–Trinajstić information content (AvgIpc) is 3.33. The van der Waals surface area contributed by atoms with Gasteiger partial charge in [-0.05, 0) is 61.6 Å². The van der Waals surface area contributed by atoms with E-state index in [1.165, 1.54) is 7.11 Å². The average molecular weight is 936 g/mol. The number of ether oxygens (including phenoxy) is 10. The van der Waals surface area contributed by atoms with Crippen LogP contribution in [0, 0.1) is 0 Å². The van der Waals surface area contributed by atoms with E-state index in [2.05, 4.69) is 31.3 Å². The summed E-state index contributed by atoms with van der Waals surface area (Å²) < 4.78 is 54.6. The Kier molecular flexibility index (Phi) is 35.6. The number of hydrogen-bond donors (Lipinski definition) is 5. The fourth-order valence-electron chi connectivity index (χ4n) is 5.85. The Hall–Kier alpha value is -4.48. The summed E-state index contributed by atoms with van der Waals surface area (Å²) in [5.74, 6) is -0.912. The lowest BCUT2D eigenvalue weighted by molar-refractivity contribution is -0.131. The molecule has 0 spiro atoms. The molecule has 66 heavy (non-hydrogen) atoms. The number of aliphatic hydroxyl groups is 1. The molecule has 21 nitrogen and oxygen atoms in total. The second-order valence-electron chi connectivity index (χ2n) is 14.4. The zero-order valence-electron chi connectivity index (χ0n) is 38.8. The van der Waals surface area contributed by atoms with Crippen LogP contribution < -0.4 is 26.0 Å². The Morgan fingerprint density at radius 1 is 0.636 bits per heavy atom. The van der Waals surface area contributed by atoms with Crippen molar-refractivity contribution in [2.45, 2.75) is 50.8 Å². The maximum absolute atomic E-state index is 13.8. The van der Waals surface area contributed by atoms with Crippen molar-refractivity contribution in [2.24, 2.45) is 5.11 Å². The van der Waals surface area contributed by atoms with Crippen molar-refractivity contribution in [1.82, 2.24) is 16.0 Å². The predicted molar refractivity (Wildman–Crippen MR) is 245 cm³/mol. The van der Waals surface area contributed by atoms with Gasteiger partial charge in [0.1, 0.15) is 17.8 Å². The number of hydrogen-bond acceptors (Lipinski definition) is 16. The molecule has 2 aromatic rings. The van der Waals surface area contributed by atoms with Crippen molar-refractivity contribution in [1.29, 1.82) is 0 Å². The summed E-state index contributed by atoms with van der Waals surface area (Å²) in [6, 6.07) is 12.4. The first-order chi connectivity index (χ1) is 32.4. The first-order valence-corrected chi connectivity index (χ1v) is 22.5. The van der Waals surface area contributed by atoms with Gasteiger partial charge >= 0.3 is 0 Å². The number of aliphatic hydroxyl groups excluding tert-OH is 1. The van der Waals surface area contributed by atoms with Gasteiger partial charge in [-0.2, -0.15) is 0 Å². The third-order valence-electron chi connectivity index (χ3n) is 9.29. The van der Waals surface area contributed by atoms with Gasteiger partial charge in [-0.3, -0.25) is 14.4 Å². The number of unbranched alkanes of at least 4 members (excludes halogenated alkanes) is 1. The molecule has 0 aliphatic carbocycles. The van der Waals surface area contributed by atoms with Crippen LogP contribution in [0.3, 0.4) is 0 Å². The zero-order chi connectivity index (χ0) is 47.6. The summed E-state index contributed by atoms with van der Waals surface area (Å²) >= 11 is 0. The van der Waals surface area contributed by atoms with E-state index in [0.717, 1.165) is 18.5 Å². The number of anilines is 1.